The lowest BCUT2D eigenvalue weighted by molar-refractivity contribution is 0.0786. The molecule has 0 saturated carbocycles. The lowest BCUT2D eigenvalue weighted by atomic mass is 9.91. The van der Waals surface area contributed by atoms with E-state index in [0.717, 1.165) is 12.0 Å². The van der Waals surface area contributed by atoms with Crippen molar-refractivity contribution < 1.29 is 5.11 Å². The Morgan fingerprint density at radius 2 is 1.61 bits per heavy atom. The second-order valence-corrected chi connectivity index (χ2v) is 5.20. The Morgan fingerprint density at radius 1 is 0.944 bits per heavy atom. The summed E-state index contributed by atoms with van der Waals surface area (Å²) in [5.41, 5.74) is 3.80. The van der Waals surface area contributed by atoms with Crippen LogP contribution in [0.3, 0.4) is 0 Å². The molecule has 1 N–H and O–H groups in total. The van der Waals surface area contributed by atoms with E-state index in [2.05, 4.69) is 37.3 Å². The van der Waals surface area contributed by atoms with Crippen LogP contribution < -0.4 is 0 Å². The van der Waals surface area contributed by atoms with Crippen LogP contribution in [-0.2, 0) is 12.0 Å². The fraction of sp³-hybridized carbons (Fsp3) is 0.294. The molecule has 0 atom stereocenters. The highest BCUT2D eigenvalue weighted by Gasteiger charge is 2.17. The van der Waals surface area contributed by atoms with Gasteiger partial charge in [-0.3, -0.25) is 0 Å². The summed E-state index contributed by atoms with van der Waals surface area (Å²) >= 11 is 0. The minimum atomic E-state index is -0.797. The van der Waals surface area contributed by atoms with Gasteiger partial charge >= 0.3 is 0 Å². The van der Waals surface area contributed by atoms with Gasteiger partial charge < -0.3 is 5.11 Å². The van der Waals surface area contributed by atoms with Crippen LogP contribution in [0.4, 0.5) is 0 Å². The molecule has 2 aromatic carbocycles. The highest BCUT2D eigenvalue weighted by atomic mass is 16.3. The van der Waals surface area contributed by atoms with Crippen molar-refractivity contribution in [2.45, 2.75) is 32.8 Å². The predicted octanol–water partition coefficient (Wildman–Crippen LogP) is 4.14. The fourth-order valence-corrected chi connectivity index (χ4v) is 2.05. The lowest BCUT2D eigenvalue weighted by Crippen LogP contribution is -2.15. The van der Waals surface area contributed by atoms with Crippen molar-refractivity contribution in [1.82, 2.24) is 0 Å². The SMILES string of the molecule is CCc1cc(-c2ccccc2)cc(C(C)(C)O)c1. The average molecular weight is 240 g/mol. The highest BCUT2D eigenvalue weighted by molar-refractivity contribution is 5.65. The molecule has 0 aliphatic heterocycles. The van der Waals surface area contributed by atoms with E-state index in [1.807, 2.05) is 32.0 Å². The predicted molar refractivity (Wildman–Crippen MR) is 76.5 cm³/mol. The molecule has 1 nitrogen and oxygen atoms in total. The fourth-order valence-electron chi connectivity index (χ4n) is 2.05. The van der Waals surface area contributed by atoms with Gasteiger partial charge in [-0.1, -0.05) is 49.4 Å². The Hall–Kier alpha value is -1.60. The molecule has 0 aliphatic carbocycles. The molecule has 0 spiro atoms. The second-order valence-electron chi connectivity index (χ2n) is 5.20. The van der Waals surface area contributed by atoms with E-state index in [1.165, 1.54) is 16.7 Å². The van der Waals surface area contributed by atoms with Crippen LogP contribution in [0.25, 0.3) is 11.1 Å². The van der Waals surface area contributed by atoms with Crippen molar-refractivity contribution >= 4 is 0 Å². The molecular weight excluding hydrogens is 220 g/mol. The lowest BCUT2D eigenvalue weighted by Gasteiger charge is -2.20. The van der Waals surface area contributed by atoms with Crippen LogP contribution >= 0.6 is 0 Å². The van der Waals surface area contributed by atoms with E-state index in [-0.39, 0.29) is 0 Å². The van der Waals surface area contributed by atoms with Gasteiger partial charge in [-0.15, -0.1) is 0 Å². The maximum Gasteiger partial charge on any atom is 0.0840 e. The first-order valence-corrected chi connectivity index (χ1v) is 6.43. The molecule has 1 heteroatoms. The molecule has 0 bridgehead atoms. The van der Waals surface area contributed by atoms with E-state index < -0.39 is 5.60 Å². The van der Waals surface area contributed by atoms with Crippen molar-refractivity contribution in [3.8, 4) is 11.1 Å². The van der Waals surface area contributed by atoms with E-state index >= 15 is 0 Å². The smallest absolute Gasteiger partial charge is 0.0840 e. The molecule has 94 valence electrons. The van der Waals surface area contributed by atoms with Crippen LogP contribution in [0, 0.1) is 0 Å². The first-order chi connectivity index (χ1) is 8.50. The van der Waals surface area contributed by atoms with Crippen molar-refractivity contribution in [1.29, 1.82) is 0 Å². The third kappa shape index (κ3) is 2.80. The van der Waals surface area contributed by atoms with Crippen molar-refractivity contribution in [2.24, 2.45) is 0 Å². The average Bonchev–Trinajstić information content (AvgIpc) is 2.38. The summed E-state index contributed by atoms with van der Waals surface area (Å²) in [4.78, 5) is 0. The van der Waals surface area contributed by atoms with E-state index in [0.29, 0.717) is 0 Å². The molecule has 0 amide bonds. The maximum absolute atomic E-state index is 10.2. The highest BCUT2D eigenvalue weighted by Crippen LogP contribution is 2.28. The summed E-state index contributed by atoms with van der Waals surface area (Å²) in [6.45, 7) is 5.80. The summed E-state index contributed by atoms with van der Waals surface area (Å²) < 4.78 is 0. The zero-order chi connectivity index (χ0) is 13.2. The summed E-state index contributed by atoms with van der Waals surface area (Å²) in [5, 5.41) is 10.2. The molecule has 2 rings (SSSR count). The minimum absolute atomic E-state index is 0.797. The first-order valence-electron chi connectivity index (χ1n) is 6.43. The van der Waals surface area contributed by atoms with Gasteiger partial charge in [-0.05, 0) is 48.6 Å². The Morgan fingerprint density at radius 3 is 2.17 bits per heavy atom. The molecule has 2 aromatic rings. The molecule has 0 fully saturated rings. The van der Waals surface area contributed by atoms with Gasteiger partial charge in [-0.25, -0.2) is 0 Å². The Labute approximate surface area is 109 Å². The first kappa shape index (κ1) is 12.8. The van der Waals surface area contributed by atoms with E-state index in [9.17, 15) is 5.11 Å². The number of benzene rings is 2. The van der Waals surface area contributed by atoms with Crippen LogP contribution in [-0.4, -0.2) is 5.11 Å². The molecular formula is C17H20O. The molecule has 0 unspecified atom stereocenters. The zero-order valence-electron chi connectivity index (χ0n) is 11.3. The summed E-state index contributed by atoms with van der Waals surface area (Å²) in [5.74, 6) is 0. The summed E-state index contributed by atoms with van der Waals surface area (Å²) in [6.07, 6.45) is 0.976. The third-order valence-electron chi connectivity index (χ3n) is 3.21. The van der Waals surface area contributed by atoms with Gasteiger partial charge in [-0.2, -0.15) is 0 Å². The minimum Gasteiger partial charge on any atom is -0.386 e. The van der Waals surface area contributed by atoms with E-state index in [4.69, 9.17) is 0 Å². The molecule has 18 heavy (non-hydrogen) atoms. The number of rotatable bonds is 3. The second kappa shape index (κ2) is 4.95. The number of hydrogen-bond acceptors (Lipinski definition) is 1. The van der Waals surface area contributed by atoms with Crippen LogP contribution in [0.1, 0.15) is 31.9 Å². The molecule has 0 saturated heterocycles. The number of aliphatic hydroxyl groups is 1. The van der Waals surface area contributed by atoms with Crippen LogP contribution in [0.2, 0.25) is 0 Å². The summed E-state index contributed by atoms with van der Waals surface area (Å²) in [6, 6.07) is 16.7. The Kier molecular flexibility index (Phi) is 3.53. The standard InChI is InChI=1S/C17H20O/c1-4-13-10-15(14-8-6-5-7-9-14)12-16(11-13)17(2,3)18/h5-12,18H,4H2,1-3H3. The van der Waals surface area contributed by atoms with E-state index in [1.54, 1.807) is 0 Å². The zero-order valence-corrected chi connectivity index (χ0v) is 11.3. The third-order valence-corrected chi connectivity index (χ3v) is 3.21. The molecule has 0 radical (unpaired) electrons. The van der Waals surface area contributed by atoms with Crippen molar-refractivity contribution in [3.63, 3.8) is 0 Å². The monoisotopic (exact) mass is 240 g/mol. The number of hydrogen-bond donors (Lipinski definition) is 1. The Bertz CT molecular complexity index is 521. The normalized spacial score (nSPS) is 11.6. The van der Waals surface area contributed by atoms with Gasteiger partial charge in [0.05, 0.1) is 5.60 Å². The van der Waals surface area contributed by atoms with Crippen LogP contribution in [0.5, 0.6) is 0 Å². The van der Waals surface area contributed by atoms with Gasteiger partial charge in [0, 0.05) is 0 Å². The van der Waals surface area contributed by atoms with Crippen molar-refractivity contribution in [3.05, 3.63) is 59.7 Å². The topological polar surface area (TPSA) is 20.2 Å². The quantitative estimate of drug-likeness (QED) is 0.854. The molecule has 0 aliphatic rings. The van der Waals surface area contributed by atoms with Crippen LogP contribution in [0.15, 0.2) is 48.5 Å². The summed E-state index contributed by atoms with van der Waals surface area (Å²) in [7, 11) is 0. The Balaban J connectivity index is 2.55. The van der Waals surface area contributed by atoms with Gasteiger partial charge in [0.2, 0.25) is 0 Å². The molecule has 0 heterocycles. The van der Waals surface area contributed by atoms with Gasteiger partial charge in [0.1, 0.15) is 0 Å². The maximum atomic E-state index is 10.2. The largest absolute Gasteiger partial charge is 0.386 e. The van der Waals surface area contributed by atoms with Crippen molar-refractivity contribution in [2.75, 3.05) is 0 Å². The molecule has 0 aromatic heterocycles. The number of aryl methyl sites for hydroxylation is 1. The van der Waals surface area contributed by atoms with Gasteiger partial charge in [0.25, 0.3) is 0 Å². The van der Waals surface area contributed by atoms with Gasteiger partial charge in [0.15, 0.2) is 0 Å².